The average molecular weight is 444 g/mol. The van der Waals surface area contributed by atoms with Gasteiger partial charge in [-0.25, -0.2) is 8.42 Å². The van der Waals surface area contributed by atoms with Gasteiger partial charge in [0.2, 0.25) is 10.0 Å². The number of carbonyl (C=O) groups is 1. The fraction of sp³-hybridized carbons (Fsp3) is 0.458. The van der Waals surface area contributed by atoms with Gasteiger partial charge in [0.1, 0.15) is 0 Å². The van der Waals surface area contributed by atoms with Crippen molar-refractivity contribution in [2.75, 3.05) is 37.2 Å². The molecule has 168 valence electrons. The van der Waals surface area contributed by atoms with Crippen LogP contribution in [-0.4, -0.2) is 55.5 Å². The first-order chi connectivity index (χ1) is 14.7. The maximum Gasteiger partial charge on any atom is 0.255 e. The first-order valence-electron chi connectivity index (χ1n) is 10.9. The van der Waals surface area contributed by atoms with Crippen LogP contribution in [-0.2, 0) is 16.6 Å². The minimum absolute atomic E-state index is 0.114. The van der Waals surface area contributed by atoms with E-state index < -0.39 is 10.0 Å². The van der Waals surface area contributed by atoms with Crippen molar-refractivity contribution >= 4 is 21.6 Å². The summed E-state index contributed by atoms with van der Waals surface area (Å²) in [5, 5.41) is 3.11. The number of nitrogens with zero attached hydrogens (tertiary/aromatic N) is 2. The zero-order valence-electron chi connectivity index (χ0n) is 18.9. The molecule has 1 amide bonds. The van der Waals surface area contributed by atoms with Gasteiger partial charge in [-0.3, -0.25) is 9.69 Å². The maximum atomic E-state index is 13.0. The van der Waals surface area contributed by atoms with Gasteiger partial charge in [0.05, 0.1) is 5.75 Å². The standard InChI is InChI=1S/C24H33N3O3S/c1-5-31(29,30)27-14-12-26(13-15-27)17-20-9-7-10-21(16-20)24(28)25-23-19(4)8-6-11-22(23)18(2)3/h6-11,16,18H,5,12-15,17H2,1-4H3,(H,25,28). The lowest BCUT2D eigenvalue weighted by molar-refractivity contribution is 0.102. The third-order valence-electron chi connectivity index (χ3n) is 5.85. The number of hydrogen-bond donors (Lipinski definition) is 1. The minimum atomic E-state index is -3.12. The molecular formula is C24H33N3O3S. The molecule has 7 heteroatoms. The third kappa shape index (κ3) is 5.73. The van der Waals surface area contributed by atoms with E-state index in [0.29, 0.717) is 44.2 Å². The predicted molar refractivity (Wildman–Crippen MR) is 126 cm³/mol. The van der Waals surface area contributed by atoms with Crippen molar-refractivity contribution < 1.29 is 13.2 Å². The van der Waals surface area contributed by atoms with Gasteiger partial charge in [0.25, 0.3) is 5.91 Å². The molecule has 0 atom stereocenters. The number of amides is 1. The molecule has 0 saturated carbocycles. The molecule has 0 aliphatic carbocycles. The molecule has 31 heavy (non-hydrogen) atoms. The van der Waals surface area contributed by atoms with Gasteiger partial charge in [-0.2, -0.15) is 4.31 Å². The molecular weight excluding hydrogens is 410 g/mol. The quantitative estimate of drug-likeness (QED) is 0.706. The Labute approximate surface area is 186 Å². The Bertz CT molecular complexity index is 1030. The van der Waals surface area contributed by atoms with Crippen LogP contribution in [0.15, 0.2) is 42.5 Å². The maximum absolute atomic E-state index is 13.0. The Morgan fingerprint density at radius 2 is 1.74 bits per heavy atom. The number of rotatable bonds is 7. The summed E-state index contributed by atoms with van der Waals surface area (Å²) in [6.07, 6.45) is 0. The molecule has 1 aliphatic rings. The predicted octanol–water partition coefficient (Wildman–Crippen LogP) is 3.84. The van der Waals surface area contributed by atoms with Crippen molar-refractivity contribution in [1.82, 2.24) is 9.21 Å². The van der Waals surface area contributed by atoms with E-state index in [0.717, 1.165) is 22.4 Å². The number of anilines is 1. The average Bonchev–Trinajstić information content (AvgIpc) is 2.75. The Hall–Kier alpha value is -2.22. The van der Waals surface area contributed by atoms with Crippen LogP contribution < -0.4 is 5.32 Å². The van der Waals surface area contributed by atoms with E-state index in [1.807, 2.05) is 43.3 Å². The van der Waals surface area contributed by atoms with E-state index in [-0.39, 0.29) is 11.7 Å². The summed E-state index contributed by atoms with van der Waals surface area (Å²) < 4.78 is 25.7. The van der Waals surface area contributed by atoms with Crippen LogP contribution in [0.4, 0.5) is 5.69 Å². The van der Waals surface area contributed by atoms with Crippen LogP contribution in [0.5, 0.6) is 0 Å². The summed E-state index contributed by atoms with van der Waals surface area (Å²) in [4.78, 5) is 15.2. The Balaban J connectivity index is 1.67. The topological polar surface area (TPSA) is 69.7 Å². The van der Waals surface area contributed by atoms with Crippen molar-refractivity contribution in [3.05, 3.63) is 64.7 Å². The monoisotopic (exact) mass is 443 g/mol. The van der Waals surface area contributed by atoms with Gasteiger partial charge < -0.3 is 5.32 Å². The molecule has 0 aromatic heterocycles. The molecule has 6 nitrogen and oxygen atoms in total. The minimum Gasteiger partial charge on any atom is -0.321 e. The van der Waals surface area contributed by atoms with Crippen LogP contribution in [0.1, 0.15) is 53.7 Å². The van der Waals surface area contributed by atoms with Crippen molar-refractivity contribution in [1.29, 1.82) is 0 Å². The highest BCUT2D eigenvalue weighted by Crippen LogP contribution is 2.28. The van der Waals surface area contributed by atoms with E-state index >= 15 is 0 Å². The Kier molecular flexibility index (Phi) is 7.51. The summed E-state index contributed by atoms with van der Waals surface area (Å²) in [6.45, 7) is 11.0. The van der Waals surface area contributed by atoms with Gasteiger partial charge in [0, 0.05) is 44.0 Å². The fourth-order valence-electron chi connectivity index (χ4n) is 3.95. The lowest BCUT2D eigenvalue weighted by Crippen LogP contribution is -2.48. The number of carbonyl (C=O) groups excluding carboxylic acids is 1. The largest absolute Gasteiger partial charge is 0.321 e. The molecule has 1 fully saturated rings. The van der Waals surface area contributed by atoms with Gasteiger partial charge in [-0.1, -0.05) is 44.2 Å². The van der Waals surface area contributed by atoms with Crippen LogP contribution in [0.3, 0.4) is 0 Å². The lowest BCUT2D eigenvalue weighted by Gasteiger charge is -2.33. The van der Waals surface area contributed by atoms with E-state index in [1.54, 1.807) is 11.2 Å². The number of nitrogens with one attached hydrogen (secondary N) is 1. The van der Waals surface area contributed by atoms with Crippen LogP contribution >= 0.6 is 0 Å². The van der Waals surface area contributed by atoms with Gasteiger partial charge in [-0.05, 0) is 48.6 Å². The van der Waals surface area contributed by atoms with Crippen LogP contribution in [0.2, 0.25) is 0 Å². The molecule has 1 N–H and O–H groups in total. The summed E-state index contributed by atoms with van der Waals surface area (Å²) in [7, 11) is -3.12. The first-order valence-corrected chi connectivity index (χ1v) is 12.5. The van der Waals surface area contributed by atoms with Crippen molar-refractivity contribution in [3.8, 4) is 0 Å². The SMILES string of the molecule is CCS(=O)(=O)N1CCN(Cc2cccc(C(=O)Nc3c(C)cccc3C(C)C)c2)CC1. The summed E-state index contributed by atoms with van der Waals surface area (Å²) in [5.74, 6) is 0.345. The van der Waals surface area contributed by atoms with Crippen molar-refractivity contribution in [3.63, 3.8) is 0 Å². The van der Waals surface area contributed by atoms with Crippen LogP contribution in [0, 0.1) is 6.92 Å². The highest BCUT2D eigenvalue weighted by Gasteiger charge is 2.25. The van der Waals surface area contributed by atoms with Gasteiger partial charge in [0.15, 0.2) is 0 Å². The molecule has 3 rings (SSSR count). The first kappa shape index (κ1) is 23.4. The Morgan fingerprint density at radius 1 is 1.06 bits per heavy atom. The lowest BCUT2D eigenvalue weighted by atomic mass is 9.98. The van der Waals surface area contributed by atoms with Crippen LogP contribution in [0.25, 0.3) is 0 Å². The normalized spacial score (nSPS) is 15.9. The summed E-state index contributed by atoms with van der Waals surface area (Å²) in [6, 6.07) is 13.8. The zero-order chi connectivity index (χ0) is 22.6. The number of piperazine rings is 1. The molecule has 2 aromatic rings. The number of aryl methyl sites for hydroxylation is 1. The van der Waals surface area contributed by atoms with E-state index in [9.17, 15) is 13.2 Å². The smallest absolute Gasteiger partial charge is 0.255 e. The second kappa shape index (κ2) is 9.94. The number of hydrogen-bond acceptors (Lipinski definition) is 4. The van der Waals surface area contributed by atoms with Crippen molar-refractivity contribution in [2.45, 2.75) is 40.2 Å². The molecule has 1 aliphatic heterocycles. The highest BCUT2D eigenvalue weighted by molar-refractivity contribution is 7.89. The summed E-state index contributed by atoms with van der Waals surface area (Å²) in [5.41, 5.74) is 4.75. The second-order valence-electron chi connectivity index (χ2n) is 8.42. The molecule has 0 spiro atoms. The molecule has 2 aromatic carbocycles. The van der Waals surface area contributed by atoms with E-state index in [2.05, 4.69) is 30.1 Å². The van der Waals surface area contributed by atoms with E-state index in [1.165, 1.54) is 0 Å². The Morgan fingerprint density at radius 3 is 2.39 bits per heavy atom. The molecule has 1 saturated heterocycles. The van der Waals surface area contributed by atoms with Crippen molar-refractivity contribution in [2.24, 2.45) is 0 Å². The van der Waals surface area contributed by atoms with Gasteiger partial charge >= 0.3 is 0 Å². The molecule has 0 radical (unpaired) electrons. The number of sulfonamides is 1. The number of benzene rings is 2. The number of para-hydroxylation sites is 1. The fourth-order valence-corrected chi connectivity index (χ4v) is 5.03. The highest BCUT2D eigenvalue weighted by atomic mass is 32.2. The third-order valence-corrected chi connectivity index (χ3v) is 7.73. The zero-order valence-corrected chi connectivity index (χ0v) is 19.7. The summed E-state index contributed by atoms with van der Waals surface area (Å²) >= 11 is 0. The van der Waals surface area contributed by atoms with Gasteiger partial charge in [-0.15, -0.1) is 0 Å². The van der Waals surface area contributed by atoms with E-state index in [4.69, 9.17) is 0 Å². The molecule has 1 heterocycles. The molecule has 0 bridgehead atoms. The molecule has 0 unspecified atom stereocenters. The second-order valence-corrected chi connectivity index (χ2v) is 10.7.